The standard InChI is InChI=1S/C11H18BrN3O/c1-14-2-4-15(5-3-14)8-9-6-10(12)11(7-13)16-9/h6H,2-5,7-8,13H2,1H3. The average molecular weight is 288 g/mol. The molecule has 1 aliphatic rings. The molecule has 90 valence electrons. The van der Waals surface area contributed by atoms with Crippen LogP contribution in [-0.2, 0) is 13.1 Å². The molecule has 1 aromatic rings. The summed E-state index contributed by atoms with van der Waals surface area (Å²) in [5, 5.41) is 0. The Morgan fingerprint density at radius 3 is 2.62 bits per heavy atom. The zero-order valence-electron chi connectivity index (χ0n) is 9.58. The van der Waals surface area contributed by atoms with Crippen LogP contribution in [-0.4, -0.2) is 43.0 Å². The van der Waals surface area contributed by atoms with E-state index in [9.17, 15) is 0 Å². The Hall–Kier alpha value is -0.360. The number of piperazine rings is 1. The zero-order chi connectivity index (χ0) is 11.5. The van der Waals surface area contributed by atoms with Gasteiger partial charge in [-0.1, -0.05) is 0 Å². The number of halogens is 1. The molecule has 1 aromatic heterocycles. The molecule has 0 bridgehead atoms. The minimum absolute atomic E-state index is 0.448. The van der Waals surface area contributed by atoms with Crippen molar-refractivity contribution < 1.29 is 4.42 Å². The van der Waals surface area contributed by atoms with Gasteiger partial charge in [0.25, 0.3) is 0 Å². The Kier molecular flexibility index (Phi) is 4.02. The molecule has 0 spiro atoms. The summed E-state index contributed by atoms with van der Waals surface area (Å²) in [6.45, 7) is 5.80. The van der Waals surface area contributed by atoms with Crippen molar-refractivity contribution in [3.63, 3.8) is 0 Å². The lowest BCUT2D eigenvalue weighted by molar-refractivity contribution is 0.139. The lowest BCUT2D eigenvalue weighted by Gasteiger charge is -2.31. The molecule has 0 amide bonds. The number of hydrogen-bond acceptors (Lipinski definition) is 4. The van der Waals surface area contributed by atoms with Gasteiger partial charge < -0.3 is 15.1 Å². The third-order valence-electron chi connectivity index (χ3n) is 2.97. The summed E-state index contributed by atoms with van der Waals surface area (Å²) in [5.41, 5.74) is 5.57. The molecule has 0 saturated carbocycles. The molecule has 1 fully saturated rings. The second-order valence-corrected chi connectivity index (χ2v) is 5.12. The second-order valence-electron chi connectivity index (χ2n) is 4.27. The Morgan fingerprint density at radius 1 is 1.38 bits per heavy atom. The number of nitrogens with zero attached hydrogens (tertiary/aromatic N) is 2. The fraction of sp³-hybridized carbons (Fsp3) is 0.636. The largest absolute Gasteiger partial charge is 0.462 e. The summed E-state index contributed by atoms with van der Waals surface area (Å²) in [6.07, 6.45) is 0. The van der Waals surface area contributed by atoms with Crippen molar-refractivity contribution in [2.24, 2.45) is 5.73 Å². The van der Waals surface area contributed by atoms with Crippen molar-refractivity contribution in [3.05, 3.63) is 22.1 Å². The highest BCUT2D eigenvalue weighted by atomic mass is 79.9. The minimum Gasteiger partial charge on any atom is -0.462 e. The molecular formula is C11H18BrN3O. The van der Waals surface area contributed by atoms with Crippen LogP contribution in [0.3, 0.4) is 0 Å². The van der Waals surface area contributed by atoms with E-state index in [0.717, 1.165) is 48.7 Å². The summed E-state index contributed by atoms with van der Waals surface area (Å²) in [7, 11) is 2.16. The van der Waals surface area contributed by atoms with Crippen LogP contribution in [0.15, 0.2) is 15.0 Å². The van der Waals surface area contributed by atoms with E-state index in [4.69, 9.17) is 10.2 Å². The van der Waals surface area contributed by atoms with Gasteiger partial charge in [0.15, 0.2) is 0 Å². The lowest BCUT2D eigenvalue weighted by atomic mass is 10.3. The summed E-state index contributed by atoms with van der Waals surface area (Å²) in [6, 6.07) is 2.03. The highest BCUT2D eigenvalue weighted by molar-refractivity contribution is 9.10. The number of rotatable bonds is 3. The first-order chi connectivity index (χ1) is 7.69. The van der Waals surface area contributed by atoms with Gasteiger partial charge >= 0.3 is 0 Å². The zero-order valence-corrected chi connectivity index (χ0v) is 11.2. The Labute approximate surface area is 105 Å². The predicted molar refractivity (Wildman–Crippen MR) is 67.1 cm³/mol. The minimum atomic E-state index is 0.448. The molecular weight excluding hydrogens is 270 g/mol. The van der Waals surface area contributed by atoms with E-state index in [1.165, 1.54) is 0 Å². The van der Waals surface area contributed by atoms with Crippen molar-refractivity contribution in [2.45, 2.75) is 13.1 Å². The summed E-state index contributed by atoms with van der Waals surface area (Å²) in [4.78, 5) is 4.76. The van der Waals surface area contributed by atoms with E-state index < -0.39 is 0 Å². The third-order valence-corrected chi connectivity index (χ3v) is 3.64. The molecule has 1 aliphatic heterocycles. The number of furan rings is 1. The lowest BCUT2D eigenvalue weighted by Crippen LogP contribution is -2.43. The first-order valence-electron chi connectivity index (χ1n) is 5.57. The van der Waals surface area contributed by atoms with Gasteiger partial charge in [0, 0.05) is 26.2 Å². The highest BCUT2D eigenvalue weighted by Crippen LogP contribution is 2.22. The van der Waals surface area contributed by atoms with Gasteiger partial charge in [-0.25, -0.2) is 0 Å². The Balaban J connectivity index is 1.93. The van der Waals surface area contributed by atoms with Crippen LogP contribution >= 0.6 is 15.9 Å². The van der Waals surface area contributed by atoms with Gasteiger partial charge in [0.2, 0.25) is 0 Å². The molecule has 16 heavy (non-hydrogen) atoms. The summed E-state index contributed by atoms with van der Waals surface area (Å²) >= 11 is 3.45. The molecule has 0 aliphatic carbocycles. The molecule has 2 heterocycles. The molecule has 0 unspecified atom stereocenters. The average Bonchev–Trinajstić information content (AvgIpc) is 2.62. The molecule has 0 aromatic carbocycles. The van der Waals surface area contributed by atoms with Crippen molar-refractivity contribution in [3.8, 4) is 0 Å². The van der Waals surface area contributed by atoms with Crippen LogP contribution in [0.1, 0.15) is 11.5 Å². The van der Waals surface area contributed by atoms with E-state index in [2.05, 4.69) is 32.8 Å². The number of hydrogen-bond donors (Lipinski definition) is 1. The van der Waals surface area contributed by atoms with Crippen LogP contribution in [0.25, 0.3) is 0 Å². The molecule has 1 saturated heterocycles. The summed E-state index contributed by atoms with van der Waals surface area (Å²) in [5.74, 6) is 1.83. The van der Waals surface area contributed by atoms with Crippen LogP contribution in [0.5, 0.6) is 0 Å². The maximum atomic E-state index is 5.67. The molecule has 2 rings (SSSR count). The first-order valence-corrected chi connectivity index (χ1v) is 6.36. The predicted octanol–water partition coefficient (Wildman–Crippen LogP) is 1.25. The van der Waals surface area contributed by atoms with Crippen LogP contribution in [0.2, 0.25) is 0 Å². The number of likely N-dealkylation sites (N-methyl/N-ethyl adjacent to an activating group) is 1. The fourth-order valence-corrected chi connectivity index (χ4v) is 2.40. The van der Waals surface area contributed by atoms with E-state index >= 15 is 0 Å². The maximum Gasteiger partial charge on any atom is 0.131 e. The highest BCUT2D eigenvalue weighted by Gasteiger charge is 2.16. The summed E-state index contributed by atoms with van der Waals surface area (Å²) < 4.78 is 6.65. The van der Waals surface area contributed by atoms with Gasteiger partial charge in [-0.15, -0.1) is 0 Å². The monoisotopic (exact) mass is 287 g/mol. The first kappa shape index (κ1) is 12.1. The van der Waals surface area contributed by atoms with E-state index in [-0.39, 0.29) is 0 Å². The van der Waals surface area contributed by atoms with Crippen molar-refractivity contribution in [2.75, 3.05) is 33.2 Å². The van der Waals surface area contributed by atoms with E-state index in [0.29, 0.717) is 6.54 Å². The SMILES string of the molecule is CN1CCN(Cc2cc(Br)c(CN)o2)CC1. The van der Waals surface area contributed by atoms with Crippen LogP contribution < -0.4 is 5.73 Å². The van der Waals surface area contributed by atoms with Gasteiger partial charge in [-0.05, 0) is 29.0 Å². The topological polar surface area (TPSA) is 45.6 Å². The van der Waals surface area contributed by atoms with Gasteiger partial charge in [-0.3, -0.25) is 4.90 Å². The normalized spacial score (nSPS) is 19.2. The van der Waals surface area contributed by atoms with Crippen molar-refractivity contribution >= 4 is 15.9 Å². The Morgan fingerprint density at radius 2 is 2.06 bits per heavy atom. The second kappa shape index (κ2) is 5.31. The van der Waals surface area contributed by atoms with E-state index in [1.807, 2.05) is 6.07 Å². The fourth-order valence-electron chi connectivity index (χ4n) is 1.90. The molecule has 2 N–H and O–H groups in total. The molecule has 5 heteroatoms. The molecule has 4 nitrogen and oxygen atoms in total. The van der Waals surface area contributed by atoms with Gasteiger partial charge in [0.05, 0.1) is 17.6 Å². The smallest absolute Gasteiger partial charge is 0.131 e. The van der Waals surface area contributed by atoms with Crippen LogP contribution in [0.4, 0.5) is 0 Å². The third kappa shape index (κ3) is 2.85. The van der Waals surface area contributed by atoms with Crippen LogP contribution in [0, 0.1) is 0 Å². The molecule has 0 atom stereocenters. The van der Waals surface area contributed by atoms with Crippen molar-refractivity contribution in [1.29, 1.82) is 0 Å². The maximum absolute atomic E-state index is 5.67. The van der Waals surface area contributed by atoms with Gasteiger partial charge in [0.1, 0.15) is 11.5 Å². The molecule has 0 radical (unpaired) electrons. The van der Waals surface area contributed by atoms with Gasteiger partial charge in [-0.2, -0.15) is 0 Å². The number of nitrogens with two attached hydrogens (primary N) is 1. The quantitative estimate of drug-likeness (QED) is 0.909. The van der Waals surface area contributed by atoms with Crippen molar-refractivity contribution in [1.82, 2.24) is 9.80 Å². The van der Waals surface area contributed by atoms with E-state index in [1.54, 1.807) is 0 Å². The Bertz CT molecular complexity index is 345.